The summed E-state index contributed by atoms with van der Waals surface area (Å²) in [6, 6.07) is 20.8. The lowest BCUT2D eigenvalue weighted by Gasteiger charge is -2.25. The molecule has 1 aromatic heterocycles. The first-order valence-electron chi connectivity index (χ1n) is 13.0. The number of carbonyl (C=O) groups excluding carboxylic acids is 1. The Bertz CT molecular complexity index is 1400. The van der Waals surface area contributed by atoms with E-state index in [0.717, 1.165) is 35.8 Å². The van der Waals surface area contributed by atoms with Crippen LogP contribution in [0.1, 0.15) is 47.7 Å². The van der Waals surface area contributed by atoms with E-state index >= 15 is 0 Å². The summed E-state index contributed by atoms with van der Waals surface area (Å²) in [5, 5.41) is 0.729. The van der Waals surface area contributed by atoms with Crippen LogP contribution in [0.2, 0.25) is 5.02 Å². The molecular weight excluding hydrogens is 517 g/mol. The number of benzene rings is 3. The van der Waals surface area contributed by atoms with E-state index in [2.05, 4.69) is 35.8 Å². The van der Waals surface area contributed by atoms with Gasteiger partial charge in [-0.3, -0.25) is 4.79 Å². The van der Waals surface area contributed by atoms with Crippen LogP contribution < -0.4 is 4.90 Å². The van der Waals surface area contributed by atoms with Crippen molar-refractivity contribution in [1.82, 2.24) is 9.55 Å². The van der Waals surface area contributed by atoms with Gasteiger partial charge in [0.15, 0.2) is 0 Å². The number of aromatic nitrogens is 2. The van der Waals surface area contributed by atoms with E-state index in [0.29, 0.717) is 11.4 Å². The summed E-state index contributed by atoms with van der Waals surface area (Å²) < 4.78 is 14.2. The summed E-state index contributed by atoms with van der Waals surface area (Å²) >= 11 is 9.86. The minimum atomic E-state index is -0.268. The molecule has 0 aliphatic heterocycles. The number of thiol groups is 1. The molecule has 1 amide bonds. The van der Waals surface area contributed by atoms with Gasteiger partial charge < -0.3 is 9.47 Å². The Labute approximate surface area is 233 Å². The Hall–Kier alpha value is -3.09. The van der Waals surface area contributed by atoms with E-state index < -0.39 is 0 Å². The predicted molar refractivity (Wildman–Crippen MR) is 153 cm³/mol. The second-order valence-corrected chi connectivity index (χ2v) is 10.9. The van der Waals surface area contributed by atoms with Crippen molar-refractivity contribution in [3.8, 4) is 0 Å². The number of anilines is 1. The van der Waals surface area contributed by atoms with E-state index in [4.69, 9.17) is 11.6 Å². The summed E-state index contributed by atoms with van der Waals surface area (Å²) in [4.78, 5) is 20.4. The molecule has 1 fully saturated rings. The zero-order valence-corrected chi connectivity index (χ0v) is 23.0. The van der Waals surface area contributed by atoms with E-state index in [1.165, 1.54) is 35.6 Å². The fourth-order valence-electron chi connectivity index (χ4n) is 5.07. The molecule has 6 rings (SSSR count). The zero-order chi connectivity index (χ0) is 26.6. The molecule has 2 atom stereocenters. The Morgan fingerprint density at radius 1 is 1.08 bits per heavy atom. The van der Waals surface area contributed by atoms with Gasteiger partial charge in [0.25, 0.3) is 0 Å². The summed E-state index contributed by atoms with van der Waals surface area (Å²) in [7, 11) is 1.98. The molecule has 1 heterocycles. The van der Waals surface area contributed by atoms with Crippen LogP contribution in [-0.4, -0.2) is 15.5 Å². The lowest BCUT2D eigenvalue weighted by atomic mass is 9.91. The van der Waals surface area contributed by atoms with Gasteiger partial charge in [0.05, 0.1) is 6.54 Å². The fraction of sp³-hybridized carbons (Fsp3) is 0.290. The summed E-state index contributed by atoms with van der Waals surface area (Å²) in [6.07, 6.45) is 9.34. The summed E-state index contributed by atoms with van der Waals surface area (Å²) in [5.41, 5.74) is 5.01. The van der Waals surface area contributed by atoms with Gasteiger partial charge in [0.1, 0.15) is 11.6 Å². The quantitative estimate of drug-likeness (QED) is 0.264. The molecule has 0 N–H and O–H groups in total. The minimum absolute atomic E-state index is 0.0162. The van der Waals surface area contributed by atoms with Gasteiger partial charge in [0.2, 0.25) is 5.91 Å². The standard InChI is InChI=1S/C25H26ClN3O.C6H5FS/c1-28-13-12-27-24(28)16-29(21-11-8-17-4-2-3-5-19(17)14-21)25(30)23-15-22(23)18-6-9-20(26)10-7-18;7-5-3-1-2-4-6(5)8/h6-14,22-23H,2-5,15-16H2,1H3;1-4,8H/t22-,23+;/m1./s1. The van der Waals surface area contributed by atoms with Gasteiger partial charge in [-0.05, 0) is 91.1 Å². The molecule has 3 aromatic carbocycles. The van der Waals surface area contributed by atoms with Crippen LogP contribution in [0.25, 0.3) is 0 Å². The zero-order valence-electron chi connectivity index (χ0n) is 21.4. The molecule has 38 heavy (non-hydrogen) atoms. The lowest BCUT2D eigenvalue weighted by molar-refractivity contribution is -0.120. The SMILES string of the molecule is Cn1ccnc1CN(C(=O)[C@H]1C[C@@H]1c1ccc(Cl)cc1)c1ccc2c(c1)CCCC2.Fc1ccccc1S. The van der Waals surface area contributed by atoms with E-state index in [1.807, 2.05) is 47.0 Å². The molecular formula is C31H31ClFN3OS. The number of carbonyl (C=O) groups is 1. The first-order chi connectivity index (χ1) is 18.4. The lowest BCUT2D eigenvalue weighted by Crippen LogP contribution is -2.33. The third-order valence-electron chi connectivity index (χ3n) is 7.39. The van der Waals surface area contributed by atoms with E-state index in [1.54, 1.807) is 24.4 Å². The van der Waals surface area contributed by atoms with Crippen LogP contribution in [0.15, 0.2) is 84.0 Å². The number of imidazole rings is 1. The number of hydrogen-bond acceptors (Lipinski definition) is 3. The first kappa shape index (κ1) is 26.5. The third-order valence-corrected chi connectivity index (χ3v) is 8.00. The van der Waals surface area contributed by atoms with Crippen LogP contribution in [0, 0.1) is 11.7 Å². The van der Waals surface area contributed by atoms with Gasteiger partial charge in [0, 0.05) is 41.0 Å². The highest BCUT2D eigenvalue weighted by Crippen LogP contribution is 2.49. The number of halogens is 2. The fourth-order valence-corrected chi connectivity index (χ4v) is 5.36. The molecule has 0 saturated heterocycles. The highest BCUT2D eigenvalue weighted by atomic mass is 35.5. The number of hydrogen-bond donors (Lipinski definition) is 1. The monoisotopic (exact) mass is 547 g/mol. The highest BCUT2D eigenvalue weighted by Gasteiger charge is 2.46. The molecule has 0 bridgehead atoms. The second-order valence-electron chi connectivity index (χ2n) is 9.99. The van der Waals surface area contributed by atoms with Gasteiger partial charge in [-0.15, -0.1) is 12.6 Å². The van der Waals surface area contributed by atoms with Gasteiger partial charge in [-0.25, -0.2) is 9.37 Å². The highest BCUT2D eigenvalue weighted by molar-refractivity contribution is 7.80. The number of rotatable bonds is 5. The van der Waals surface area contributed by atoms with Gasteiger partial charge >= 0.3 is 0 Å². The second kappa shape index (κ2) is 11.7. The van der Waals surface area contributed by atoms with Crippen molar-refractivity contribution in [1.29, 1.82) is 0 Å². The first-order valence-corrected chi connectivity index (χ1v) is 13.8. The van der Waals surface area contributed by atoms with Crippen LogP contribution in [0.3, 0.4) is 0 Å². The number of amides is 1. The molecule has 4 aromatic rings. The average Bonchev–Trinajstić information content (AvgIpc) is 3.63. The number of aryl methyl sites for hydroxylation is 3. The third kappa shape index (κ3) is 6.13. The van der Waals surface area contributed by atoms with E-state index in [-0.39, 0.29) is 23.6 Å². The van der Waals surface area contributed by atoms with Crippen molar-refractivity contribution in [2.45, 2.75) is 49.5 Å². The minimum Gasteiger partial charge on any atom is -0.337 e. The van der Waals surface area contributed by atoms with Crippen molar-refractivity contribution < 1.29 is 9.18 Å². The Morgan fingerprint density at radius 3 is 2.47 bits per heavy atom. The molecule has 7 heteroatoms. The van der Waals surface area contributed by atoms with Crippen molar-refractivity contribution >= 4 is 35.8 Å². The molecule has 196 valence electrons. The Kier molecular flexibility index (Phi) is 8.20. The molecule has 0 radical (unpaired) electrons. The molecule has 1 saturated carbocycles. The Balaban J connectivity index is 0.000000316. The van der Waals surface area contributed by atoms with Crippen LogP contribution >= 0.6 is 24.2 Å². The van der Waals surface area contributed by atoms with Crippen molar-refractivity contribution in [2.24, 2.45) is 13.0 Å². The summed E-state index contributed by atoms with van der Waals surface area (Å²) in [6.45, 7) is 0.491. The molecule has 0 unspecified atom stereocenters. The largest absolute Gasteiger partial charge is 0.337 e. The Morgan fingerprint density at radius 2 is 1.82 bits per heavy atom. The predicted octanol–water partition coefficient (Wildman–Crippen LogP) is 7.40. The van der Waals surface area contributed by atoms with Gasteiger partial charge in [-0.2, -0.15) is 0 Å². The maximum Gasteiger partial charge on any atom is 0.231 e. The molecule has 2 aliphatic carbocycles. The van der Waals surface area contributed by atoms with Crippen LogP contribution in [0.4, 0.5) is 10.1 Å². The van der Waals surface area contributed by atoms with Crippen LogP contribution in [-0.2, 0) is 31.2 Å². The van der Waals surface area contributed by atoms with Crippen molar-refractivity contribution in [3.63, 3.8) is 0 Å². The average molecular weight is 548 g/mol. The summed E-state index contributed by atoms with van der Waals surface area (Å²) in [5.74, 6) is 1.10. The normalized spacial score (nSPS) is 17.7. The smallest absolute Gasteiger partial charge is 0.231 e. The number of nitrogens with zero attached hydrogens (tertiary/aromatic N) is 3. The van der Waals surface area contributed by atoms with Crippen molar-refractivity contribution in [3.05, 3.63) is 112 Å². The van der Waals surface area contributed by atoms with Crippen LogP contribution in [0.5, 0.6) is 0 Å². The molecule has 0 spiro atoms. The topological polar surface area (TPSA) is 38.1 Å². The van der Waals surface area contributed by atoms with Gasteiger partial charge in [-0.1, -0.05) is 41.9 Å². The van der Waals surface area contributed by atoms with Crippen molar-refractivity contribution in [2.75, 3.05) is 4.90 Å². The molecule has 4 nitrogen and oxygen atoms in total. The number of fused-ring (bicyclic) bond motifs is 1. The maximum atomic E-state index is 13.6. The van der Waals surface area contributed by atoms with E-state index in [9.17, 15) is 9.18 Å². The molecule has 2 aliphatic rings. The maximum absolute atomic E-state index is 13.6.